The van der Waals surface area contributed by atoms with Gasteiger partial charge >= 0.3 is 5.69 Å². The molecule has 0 atom stereocenters. The van der Waals surface area contributed by atoms with Crippen molar-refractivity contribution < 1.29 is 0 Å². The highest BCUT2D eigenvalue weighted by atomic mass is 32.2. The third-order valence-corrected chi connectivity index (χ3v) is 3.46. The predicted molar refractivity (Wildman–Crippen MR) is 70.9 cm³/mol. The summed E-state index contributed by atoms with van der Waals surface area (Å²) in [6, 6.07) is 5.18. The molecule has 0 saturated carbocycles. The van der Waals surface area contributed by atoms with Crippen molar-refractivity contribution in [3.05, 3.63) is 56.0 Å². The van der Waals surface area contributed by atoms with Crippen LogP contribution in [-0.4, -0.2) is 15.0 Å². The zero-order valence-corrected chi connectivity index (χ0v) is 10.9. The summed E-state index contributed by atoms with van der Waals surface area (Å²) >= 11 is 1.30. The Kier molecular flexibility index (Phi) is 3.82. The van der Waals surface area contributed by atoms with Gasteiger partial charge in [0, 0.05) is 23.7 Å². The molecule has 0 radical (unpaired) electrons. The number of H-pyrrole nitrogens is 2. The smallest absolute Gasteiger partial charge is 0.310 e. The number of aryl methyl sites for hydroxylation is 1. The Labute approximate surface area is 112 Å². The molecular formula is C12H10N4O2S. The van der Waals surface area contributed by atoms with Crippen LogP contribution < -0.4 is 11.2 Å². The van der Waals surface area contributed by atoms with Crippen molar-refractivity contribution in [2.45, 2.75) is 17.7 Å². The molecule has 0 aliphatic carbocycles. The summed E-state index contributed by atoms with van der Waals surface area (Å²) in [6.07, 6.45) is 1.62. The van der Waals surface area contributed by atoms with Crippen LogP contribution in [0.5, 0.6) is 0 Å². The van der Waals surface area contributed by atoms with Gasteiger partial charge in [0.15, 0.2) is 0 Å². The molecule has 2 aromatic heterocycles. The number of pyridine rings is 1. The third kappa shape index (κ3) is 3.11. The quantitative estimate of drug-likeness (QED) is 0.810. The molecule has 2 heterocycles. The monoisotopic (exact) mass is 274 g/mol. The van der Waals surface area contributed by atoms with E-state index in [2.05, 4.69) is 21.0 Å². The Balaban J connectivity index is 2.24. The Morgan fingerprint density at radius 3 is 2.89 bits per heavy atom. The van der Waals surface area contributed by atoms with Crippen LogP contribution in [0.4, 0.5) is 0 Å². The highest BCUT2D eigenvalue weighted by Crippen LogP contribution is 2.24. The Morgan fingerprint density at radius 1 is 1.42 bits per heavy atom. The van der Waals surface area contributed by atoms with Crippen LogP contribution in [0.1, 0.15) is 16.8 Å². The maximum atomic E-state index is 11.1. The van der Waals surface area contributed by atoms with Crippen molar-refractivity contribution in [3.63, 3.8) is 0 Å². The summed E-state index contributed by atoms with van der Waals surface area (Å²) in [4.78, 5) is 31.0. The van der Waals surface area contributed by atoms with E-state index >= 15 is 0 Å². The van der Waals surface area contributed by atoms with Gasteiger partial charge in [0.2, 0.25) is 0 Å². The lowest BCUT2D eigenvalue weighted by atomic mass is 10.2. The molecule has 0 aliphatic rings. The second-order valence-corrected chi connectivity index (χ2v) is 4.79. The molecule has 0 spiro atoms. The van der Waals surface area contributed by atoms with Crippen molar-refractivity contribution in [1.29, 1.82) is 5.26 Å². The van der Waals surface area contributed by atoms with Crippen LogP contribution in [-0.2, 0) is 5.75 Å². The number of nitrogens with one attached hydrogen (secondary N) is 2. The zero-order chi connectivity index (χ0) is 13.8. The fourth-order valence-electron chi connectivity index (χ4n) is 1.52. The second kappa shape index (κ2) is 5.54. The van der Waals surface area contributed by atoms with Gasteiger partial charge < -0.3 is 4.98 Å². The lowest BCUT2D eigenvalue weighted by Gasteiger charge is -2.04. The number of aromatic nitrogens is 3. The molecule has 96 valence electrons. The van der Waals surface area contributed by atoms with Crippen molar-refractivity contribution in [1.82, 2.24) is 15.0 Å². The van der Waals surface area contributed by atoms with E-state index in [1.165, 1.54) is 17.8 Å². The fraction of sp³-hybridized carbons (Fsp3) is 0.167. The van der Waals surface area contributed by atoms with E-state index < -0.39 is 11.2 Å². The Hall–Kier alpha value is -2.33. The number of hydrogen-bond donors (Lipinski definition) is 2. The first-order chi connectivity index (χ1) is 9.10. The molecule has 0 saturated heterocycles. The molecule has 0 fully saturated rings. The first kappa shape index (κ1) is 13.1. The van der Waals surface area contributed by atoms with E-state index in [9.17, 15) is 9.59 Å². The maximum Gasteiger partial charge on any atom is 0.325 e. The van der Waals surface area contributed by atoms with Crippen LogP contribution >= 0.6 is 11.8 Å². The van der Waals surface area contributed by atoms with Gasteiger partial charge in [0.1, 0.15) is 11.1 Å². The summed E-state index contributed by atoms with van der Waals surface area (Å²) in [6.45, 7) is 1.83. The Bertz CT molecular complexity index is 729. The van der Waals surface area contributed by atoms with Crippen LogP contribution in [0, 0.1) is 18.3 Å². The van der Waals surface area contributed by atoms with Gasteiger partial charge in [0.05, 0.1) is 5.56 Å². The Morgan fingerprint density at radius 2 is 2.21 bits per heavy atom. The zero-order valence-electron chi connectivity index (χ0n) is 10.1. The van der Waals surface area contributed by atoms with Gasteiger partial charge in [-0.15, -0.1) is 0 Å². The molecule has 0 aromatic carbocycles. The van der Waals surface area contributed by atoms with Crippen LogP contribution in [0.2, 0.25) is 0 Å². The van der Waals surface area contributed by atoms with Gasteiger partial charge in [0.25, 0.3) is 5.56 Å². The summed E-state index contributed by atoms with van der Waals surface area (Å²) in [7, 11) is 0. The number of rotatable bonds is 3. The first-order valence-corrected chi connectivity index (χ1v) is 6.39. The molecule has 7 heteroatoms. The molecule has 2 N–H and O–H groups in total. The SMILES string of the molecule is Cc1ccnc(SCc2cc(=O)[nH]c(=O)[nH]2)c1C#N. The fourth-order valence-corrected chi connectivity index (χ4v) is 2.46. The average molecular weight is 274 g/mol. The van der Waals surface area contributed by atoms with Crippen molar-refractivity contribution >= 4 is 11.8 Å². The van der Waals surface area contributed by atoms with Crippen molar-refractivity contribution in [2.75, 3.05) is 0 Å². The largest absolute Gasteiger partial charge is 0.325 e. The molecule has 0 aliphatic heterocycles. The van der Waals surface area contributed by atoms with E-state index in [1.807, 2.05) is 6.92 Å². The summed E-state index contributed by atoms with van der Waals surface area (Å²) in [5.41, 5.74) is 0.864. The number of thioether (sulfide) groups is 1. The van der Waals surface area contributed by atoms with Crippen molar-refractivity contribution in [3.8, 4) is 6.07 Å². The molecule has 2 aromatic rings. The molecule has 2 rings (SSSR count). The number of nitrogens with zero attached hydrogens (tertiary/aromatic N) is 2. The van der Waals surface area contributed by atoms with Gasteiger partial charge in [-0.2, -0.15) is 5.26 Å². The molecule has 0 bridgehead atoms. The summed E-state index contributed by atoms with van der Waals surface area (Å²) in [5.74, 6) is 0.365. The lowest BCUT2D eigenvalue weighted by Crippen LogP contribution is -2.22. The van der Waals surface area contributed by atoms with Gasteiger partial charge in [-0.1, -0.05) is 11.8 Å². The van der Waals surface area contributed by atoms with E-state index in [0.29, 0.717) is 22.0 Å². The lowest BCUT2D eigenvalue weighted by molar-refractivity contribution is 0.983. The highest BCUT2D eigenvalue weighted by molar-refractivity contribution is 7.98. The maximum absolute atomic E-state index is 11.1. The summed E-state index contributed by atoms with van der Waals surface area (Å²) in [5, 5.41) is 9.66. The van der Waals surface area contributed by atoms with Crippen molar-refractivity contribution in [2.24, 2.45) is 0 Å². The molecular weight excluding hydrogens is 264 g/mol. The molecule has 0 unspecified atom stereocenters. The molecule has 0 amide bonds. The minimum atomic E-state index is -0.541. The minimum Gasteiger partial charge on any atom is -0.310 e. The molecule has 19 heavy (non-hydrogen) atoms. The van der Waals surface area contributed by atoms with E-state index in [0.717, 1.165) is 5.56 Å². The molecule has 6 nitrogen and oxygen atoms in total. The highest BCUT2D eigenvalue weighted by Gasteiger charge is 2.08. The van der Waals surface area contributed by atoms with E-state index in [-0.39, 0.29) is 0 Å². The van der Waals surface area contributed by atoms with Gasteiger partial charge in [-0.05, 0) is 18.6 Å². The van der Waals surface area contributed by atoms with Gasteiger partial charge in [-0.3, -0.25) is 9.78 Å². The number of aromatic amines is 2. The van der Waals surface area contributed by atoms with Crippen LogP contribution in [0.25, 0.3) is 0 Å². The second-order valence-electron chi connectivity index (χ2n) is 3.82. The third-order valence-electron chi connectivity index (χ3n) is 2.42. The van der Waals surface area contributed by atoms with E-state index in [4.69, 9.17) is 5.26 Å². The van der Waals surface area contributed by atoms with E-state index in [1.54, 1.807) is 12.3 Å². The van der Waals surface area contributed by atoms with Crippen LogP contribution in [0.15, 0.2) is 32.9 Å². The first-order valence-electron chi connectivity index (χ1n) is 5.41. The average Bonchev–Trinajstić information content (AvgIpc) is 2.35. The summed E-state index contributed by atoms with van der Waals surface area (Å²) < 4.78 is 0. The topological polar surface area (TPSA) is 102 Å². The number of hydrogen-bond acceptors (Lipinski definition) is 5. The normalized spacial score (nSPS) is 10.1. The van der Waals surface area contributed by atoms with Crippen LogP contribution in [0.3, 0.4) is 0 Å². The predicted octanol–water partition coefficient (Wildman–Crippen LogP) is 0.931. The number of nitriles is 1. The van der Waals surface area contributed by atoms with Gasteiger partial charge in [-0.25, -0.2) is 9.78 Å². The minimum absolute atomic E-state index is 0.365. The standard InChI is InChI=1S/C12H10N4O2S/c1-7-2-3-14-11(9(7)5-13)19-6-8-4-10(17)16-12(18)15-8/h2-4H,6H2,1H3,(H2,15,16,17,18).